The van der Waals surface area contributed by atoms with Crippen molar-refractivity contribution < 1.29 is 9.53 Å². The van der Waals surface area contributed by atoms with E-state index in [1.807, 2.05) is 45.0 Å². The summed E-state index contributed by atoms with van der Waals surface area (Å²) in [5, 5.41) is 6.41. The van der Waals surface area contributed by atoms with Crippen LogP contribution in [-0.4, -0.2) is 25.1 Å². The lowest BCUT2D eigenvalue weighted by Gasteiger charge is -2.24. The van der Waals surface area contributed by atoms with E-state index in [9.17, 15) is 4.79 Å². The Bertz CT molecular complexity index is 473. The number of benzene rings is 1. The van der Waals surface area contributed by atoms with Crippen molar-refractivity contribution in [2.45, 2.75) is 45.8 Å². The van der Waals surface area contributed by atoms with E-state index in [0.29, 0.717) is 0 Å². The fourth-order valence-corrected chi connectivity index (χ4v) is 2.63. The average Bonchev–Trinajstić information content (AvgIpc) is 2.47. The van der Waals surface area contributed by atoms with E-state index in [0.717, 1.165) is 37.2 Å². The number of piperidine rings is 1. The Kier molecular flexibility index (Phi) is 7.69. The maximum Gasteiger partial charge on any atom is 0.223 e. The predicted octanol–water partition coefficient (Wildman–Crippen LogP) is 3.07. The molecule has 1 aromatic carbocycles. The first kappa shape index (κ1) is 18.8. The average molecular weight is 327 g/mol. The molecule has 0 bridgehead atoms. The van der Waals surface area contributed by atoms with Gasteiger partial charge in [0.05, 0.1) is 12.1 Å². The van der Waals surface area contributed by atoms with Gasteiger partial charge in [-0.15, -0.1) is 12.4 Å². The van der Waals surface area contributed by atoms with Gasteiger partial charge in [-0.25, -0.2) is 0 Å². The number of hydrogen-bond donors (Lipinski definition) is 2. The molecule has 0 aliphatic carbocycles. The number of ether oxygens (including phenoxy) is 1. The third-order valence-corrected chi connectivity index (χ3v) is 3.80. The zero-order chi connectivity index (χ0) is 15.2. The van der Waals surface area contributed by atoms with Gasteiger partial charge in [0.2, 0.25) is 5.91 Å². The van der Waals surface area contributed by atoms with E-state index in [2.05, 4.69) is 10.6 Å². The fraction of sp³-hybridized carbons (Fsp3) is 0.588. The largest absolute Gasteiger partial charge is 0.491 e. The standard InChI is InChI=1S/C17H26N2O2.ClH/c1-12(2)21-16-6-4-5-15(11-16)13(3)19-17(20)14-7-9-18-10-8-14;/h4-6,11-14,18H,7-10H2,1-3H3,(H,19,20);1H. The van der Waals surface area contributed by atoms with Crippen LogP contribution >= 0.6 is 12.4 Å². The second kappa shape index (κ2) is 9.01. The third kappa shape index (κ3) is 5.50. The summed E-state index contributed by atoms with van der Waals surface area (Å²) in [5.41, 5.74) is 1.08. The normalized spacial score (nSPS) is 16.7. The highest BCUT2D eigenvalue weighted by Crippen LogP contribution is 2.21. The first-order valence-corrected chi connectivity index (χ1v) is 7.84. The first-order valence-electron chi connectivity index (χ1n) is 7.84. The predicted molar refractivity (Wildman–Crippen MR) is 91.6 cm³/mol. The summed E-state index contributed by atoms with van der Waals surface area (Å²) in [7, 11) is 0. The number of rotatable bonds is 5. The molecule has 1 fully saturated rings. The van der Waals surface area contributed by atoms with Crippen LogP contribution in [-0.2, 0) is 4.79 Å². The van der Waals surface area contributed by atoms with Gasteiger partial charge >= 0.3 is 0 Å². The van der Waals surface area contributed by atoms with Gasteiger partial charge in [0.25, 0.3) is 0 Å². The van der Waals surface area contributed by atoms with E-state index in [-0.39, 0.29) is 36.4 Å². The van der Waals surface area contributed by atoms with Crippen LogP contribution in [0.25, 0.3) is 0 Å². The first-order chi connectivity index (χ1) is 10.1. The third-order valence-electron chi connectivity index (χ3n) is 3.80. The van der Waals surface area contributed by atoms with Crippen molar-refractivity contribution in [1.29, 1.82) is 0 Å². The van der Waals surface area contributed by atoms with Crippen molar-refractivity contribution in [3.05, 3.63) is 29.8 Å². The van der Waals surface area contributed by atoms with Crippen molar-refractivity contribution >= 4 is 18.3 Å². The lowest BCUT2D eigenvalue weighted by atomic mass is 9.96. The fourth-order valence-electron chi connectivity index (χ4n) is 2.63. The van der Waals surface area contributed by atoms with Gasteiger partial charge in [-0.3, -0.25) is 4.79 Å². The molecule has 1 atom stereocenters. The molecule has 1 aromatic rings. The van der Waals surface area contributed by atoms with Gasteiger partial charge < -0.3 is 15.4 Å². The molecule has 1 aliphatic heterocycles. The molecule has 0 saturated carbocycles. The molecule has 2 N–H and O–H groups in total. The Morgan fingerprint density at radius 2 is 1.95 bits per heavy atom. The van der Waals surface area contributed by atoms with Gasteiger partial charge in [0.1, 0.15) is 5.75 Å². The Morgan fingerprint density at radius 3 is 2.59 bits per heavy atom. The van der Waals surface area contributed by atoms with E-state index >= 15 is 0 Å². The highest BCUT2D eigenvalue weighted by Gasteiger charge is 2.22. The van der Waals surface area contributed by atoms with Gasteiger partial charge in [0.15, 0.2) is 0 Å². The van der Waals surface area contributed by atoms with Gasteiger partial charge in [-0.2, -0.15) is 0 Å². The van der Waals surface area contributed by atoms with Crippen molar-refractivity contribution in [2.75, 3.05) is 13.1 Å². The van der Waals surface area contributed by atoms with E-state index < -0.39 is 0 Å². The topological polar surface area (TPSA) is 50.4 Å². The van der Waals surface area contributed by atoms with Crippen LogP contribution in [0.2, 0.25) is 0 Å². The zero-order valence-electron chi connectivity index (χ0n) is 13.6. The Balaban J connectivity index is 0.00000242. The minimum atomic E-state index is 0. The Labute approximate surface area is 139 Å². The summed E-state index contributed by atoms with van der Waals surface area (Å²) in [4.78, 5) is 12.3. The summed E-state index contributed by atoms with van der Waals surface area (Å²) in [6, 6.07) is 7.96. The number of carbonyl (C=O) groups excluding carboxylic acids is 1. The van der Waals surface area contributed by atoms with Gasteiger partial charge in [0, 0.05) is 5.92 Å². The van der Waals surface area contributed by atoms with Crippen LogP contribution in [0.1, 0.15) is 45.2 Å². The van der Waals surface area contributed by atoms with Crippen LogP contribution in [0.4, 0.5) is 0 Å². The quantitative estimate of drug-likeness (QED) is 0.874. The Hall–Kier alpha value is -1.26. The molecule has 1 unspecified atom stereocenters. The molecule has 22 heavy (non-hydrogen) atoms. The van der Waals surface area contributed by atoms with Gasteiger partial charge in [-0.05, 0) is 64.4 Å². The second-order valence-corrected chi connectivity index (χ2v) is 5.99. The summed E-state index contributed by atoms with van der Waals surface area (Å²) in [6.45, 7) is 7.91. The molecule has 0 aromatic heterocycles. The van der Waals surface area contributed by atoms with Crippen LogP contribution in [0, 0.1) is 5.92 Å². The van der Waals surface area contributed by atoms with E-state index in [4.69, 9.17) is 4.74 Å². The molecule has 4 nitrogen and oxygen atoms in total. The molecule has 1 heterocycles. The summed E-state index contributed by atoms with van der Waals surface area (Å²) >= 11 is 0. The maximum absolute atomic E-state index is 12.3. The highest BCUT2D eigenvalue weighted by molar-refractivity contribution is 5.85. The van der Waals surface area contributed by atoms with E-state index in [1.165, 1.54) is 0 Å². The molecule has 124 valence electrons. The van der Waals surface area contributed by atoms with Crippen molar-refractivity contribution in [3.63, 3.8) is 0 Å². The highest BCUT2D eigenvalue weighted by atomic mass is 35.5. The maximum atomic E-state index is 12.3. The lowest BCUT2D eigenvalue weighted by molar-refractivity contribution is -0.126. The summed E-state index contributed by atoms with van der Waals surface area (Å²) in [5.74, 6) is 1.16. The van der Waals surface area contributed by atoms with Gasteiger partial charge in [-0.1, -0.05) is 12.1 Å². The molecule has 1 saturated heterocycles. The second-order valence-electron chi connectivity index (χ2n) is 5.99. The van der Waals surface area contributed by atoms with Crippen molar-refractivity contribution in [1.82, 2.24) is 10.6 Å². The number of nitrogens with one attached hydrogen (secondary N) is 2. The Morgan fingerprint density at radius 1 is 1.27 bits per heavy atom. The van der Waals surface area contributed by atoms with Crippen molar-refractivity contribution in [3.8, 4) is 5.75 Å². The monoisotopic (exact) mass is 326 g/mol. The number of carbonyl (C=O) groups is 1. The minimum absolute atomic E-state index is 0. The number of halogens is 1. The van der Waals surface area contributed by atoms with Crippen LogP contribution in [0.5, 0.6) is 5.75 Å². The molecule has 1 amide bonds. The van der Waals surface area contributed by atoms with Crippen LogP contribution < -0.4 is 15.4 Å². The van der Waals surface area contributed by atoms with E-state index in [1.54, 1.807) is 0 Å². The van der Waals surface area contributed by atoms with Crippen LogP contribution in [0.15, 0.2) is 24.3 Å². The number of amides is 1. The summed E-state index contributed by atoms with van der Waals surface area (Å²) in [6.07, 6.45) is 2.00. The molecule has 0 spiro atoms. The molecular formula is C17H27ClN2O2. The minimum Gasteiger partial charge on any atom is -0.491 e. The molecule has 2 rings (SSSR count). The summed E-state index contributed by atoms with van der Waals surface area (Å²) < 4.78 is 5.71. The molecule has 1 aliphatic rings. The van der Waals surface area contributed by atoms with Crippen LogP contribution in [0.3, 0.4) is 0 Å². The molecular weight excluding hydrogens is 300 g/mol. The number of hydrogen-bond acceptors (Lipinski definition) is 3. The zero-order valence-corrected chi connectivity index (χ0v) is 14.4. The molecule has 0 radical (unpaired) electrons. The SMILES string of the molecule is CC(C)Oc1cccc(C(C)NC(=O)C2CCNCC2)c1.Cl. The smallest absolute Gasteiger partial charge is 0.223 e. The lowest BCUT2D eigenvalue weighted by Crippen LogP contribution is -2.39. The molecule has 5 heteroatoms. The van der Waals surface area contributed by atoms with Crippen molar-refractivity contribution in [2.24, 2.45) is 5.92 Å².